The topological polar surface area (TPSA) is 60.2 Å². The number of hydrogen-bond donors (Lipinski definition) is 0. The molecule has 2 aromatic heterocycles. The third-order valence-corrected chi connectivity index (χ3v) is 4.68. The van der Waals surface area contributed by atoms with E-state index in [-0.39, 0.29) is 22.9 Å². The van der Waals surface area contributed by atoms with E-state index in [2.05, 4.69) is 10.1 Å². The second-order valence-electron chi connectivity index (χ2n) is 6.62. The summed E-state index contributed by atoms with van der Waals surface area (Å²) in [4.78, 5) is 19.2. The van der Waals surface area contributed by atoms with Gasteiger partial charge < -0.3 is 9.64 Å². The lowest BCUT2D eigenvalue weighted by atomic mass is 10.0. The van der Waals surface area contributed by atoms with Crippen molar-refractivity contribution < 1.29 is 13.5 Å². The van der Waals surface area contributed by atoms with Gasteiger partial charge in [0, 0.05) is 37.2 Å². The molecule has 8 heteroatoms. The number of morpholine rings is 1. The Morgan fingerprint density at radius 2 is 2.04 bits per heavy atom. The Morgan fingerprint density at radius 3 is 2.78 bits per heavy atom. The summed E-state index contributed by atoms with van der Waals surface area (Å²) in [6, 6.07) is 5.00. The second-order valence-corrected chi connectivity index (χ2v) is 6.62. The minimum Gasteiger partial charge on any atom is -0.375 e. The first-order chi connectivity index (χ1) is 12.9. The molecule has 1 atom stereocenters. The van der Waals surface area contributed by atoms with Gasteiger partial charge in [0.2, 0.25) is 0 Å². The van der Waals surface area contributed by atoms with E-state index in [1.54, 1.807) is 13.1 Å². The Labute approximate surface area is 154 Å². The standard InChI is InChI=1S/C19H18F2N4O2/c1-11-10-25(5-6-27-11)17-8-14-15(9-22-24(2)19(14)26)18(23-17)13-4-3-12(20)7-16(13)21/h3-4,7-9,11H,5-6,10H2,1-2H3. The molecule has 0 aliphatic carbocycles. The third-order valence-electron chi connectivity index (χ3n) is 4.68. The first-order valence-electron chi connectivity index (χ1n) is 8.63. The van der Waals surface area contributed by atoms with Gasteiger partial charge in [-0.3, -0.25) is 4.79 Å². The zero-order valence-corrected chi connectivity index (χ0v) is 14.9. The zero-order chi connectivity index (χ0) is 19.1. The second kappa shape index (κ2) is 6.70. The van der Waals surface area contributed by atoms with Gasteiger partial charge in [0.05, 0.1) is 30.0 Å². The molecule has 0 bridgehead atoms. The first kappa shape index (κ1) is 17.5. The van der Waals surface area contributed by atoms with E-state index in [1.165, 1.54) is 23.0 Å². The highest BCUT2D eigenvalue weighted by Crippen LogP contribution is 2.31. The molecular weight excluding hydrogens is 354 g/mol. The van der Waals surface area contributed by atoms with E-state index in [9.17, 15) is 13.6 Å². The predicted octanol–water partition coefficient (Wildman–Crippen LogP) is 2.50. The molecule has 1 saturated heterocycles. The number of nitrogens with zero attached hydrogens (tertiary/aromatic N) is 4. The summed E-state index contributed by atoms with van der Waals surface area (Å²) in [6.07, 6.45) is 1.50. The molecule has 0 N–H and O–H groups in total. The highest BCUT2D eigenvalue weighted by molar-refractivity contribution is 5.95. The molecule has 0 saturated carbocycles. The van der Waals surface area contributed by atoms with Crippen LogP contribution in [0, 0.1) is 11.6 Å². The van der Waals surface area contributed by atoms with E-state index in [0.29, 0.717) is 36.3 Å². The average Bonchev–Trinajstić information content (AvgIpc) is 2.64. The van der Waals surface area contributed by atoms with Crippen LogP contribution in [0.5, 0.6) is 0 Å². The molecule has 6 nitrogen and oxygen atoms in total. The molecular formula is C19H18F2N4O2. The Kier molecular flexibility index (Phi) is 4.35. The van der Waals surface area contributed by atoms with Crippen LogP contribution in [0.3, 0.4) is 0 Å². The zero-order valence-electron chi connectivity index (χ0n) is 14.9. The van der Waals surface area contributed by atoms with Gasteiger partial charge in [0.25, 0.3) is 5.56 Å². The summed E-state index contributed by atoms with van der Waals surface area (Å²) >= 11 is 0. The number of pyridine rings is 1. The lowest BCUT2D eigenvalue weighted by Gasteiger charge is -2.32. The lowest BCUT2D eigenvalue weighted by Crippen LogP contribution is -2.41. The summed E-state index contributed by atoms with van der Waals surface area (Å²) in [5.74, 6) is -0.857. The van der Waals surface area contributed by atoms with Crippen LogP contribution in [-0.2, 0) is 11.8 Å². The number of aryl methyl sites for hydroxylation is 1. The van der Waals surface area contributed by atoms with Gasteiger partial charge in [-0.05, 0) is 25.1 Å². The number of anilines is 1. The van der Waals surface area contributed by atoms with Crippen molar-refractivity contribution in [3.63, 3.8) is 0 Å². The molecule has 1 aromatic carbocycles. The Balaban J connectivity index is 1.98. The molecule has 1 fully saturated rings. The van der Waals surface area contributed by atoms with Crippen LogP contribution in [0.1, 0.15) is 6.92 Å². The maximum Gasteiger partial charge on any atom is 0.274 e. The van der Waals surface area contributed by atoms with E-state index in [0.717, 1.165) is 6.07 Å². The van der Waals surface area contributed by atoms with Crippen LogP contribution >= 0.6 is 0 Å². The van der Waals surface area contributed by atoms with Crippen molar-refractivity contribution in [2.45, 2.75) is 13.0 Å². The van der Waals surface area contributed by atoms with Crippen molar-refractivity contribution in [3.05, 3.63) is 52.5 Å². The summed E-state index contributed by atoms with van der Waals surface area (Å²) in [5, 5.41) is 4.84. The Bertz CT molecular complexity index is 1080. The minimum absolute atomic E-state index is 0.0162. The average molecular weight is 372 g/mol. The van der Waals surface area contributed by atoms with Gasteiger partial charge in [-0.1, -0.05) is 0 Å². The molecule has 27 heavy (non-hydrogen) atoms. The van der Waals surface area contributed by atoms with Crippen molar-refractivity contribution >= 4 is 16.6 Å². The largest absolute Gasteiger partial charge is 0.375 e. The Hall–Kier alpha value is -2.87. The van der Waals surface area contributed by atoms with Gasteiger partial charge >= 0.3 is 0 Å². The third kappa shape index (κ3) is 3.16. The van der Waals surface area contributed by atoms with Crippen LogP contribution in [0.4, 0.5) is 14.6 Å². The number of aromatic nitrogens is 3. The van der Waals surface area contributed by atoms with Crippen molar-refractivity contribution in [1.82, 2.24) is 14.8 Å². The molecule has 1 unspecified atom stereocenters. The monoisotopic (exact) mass is 372 g/mol. The van der Waals surface area contributed by atoms with E-state index < -0.39 is 11.6 Å². The van der Waals surface area contributed by atoms with Crippen LogP contribution < -0.4 is 10.5 Å². The van der Waals surface area contributed by atoms with E-state index in [4.69, 9.17) is 4.74 Å². The molecule has 4 rings (SSSR count). The fourth-order valence-electron chi connectivity index (χ4n) is 3.30. The molecule has 140 valence electrons. The van der Waals surface area contributed by atoms with Gasteiger partial charge in [0.1, 0.15) is 17.5 Å². The van der Waals surface area contributed by atoms with Crippen LogP contribution in [0.2, 0.25) is 0 Å². The number of benzene rings is 1. The summed E-state index contributed by atoms with van der Waals surface area (Å²) < 4.78 is 34.6. The number of hydrogen-bond acceptors (Lipinski definition) is 5. The number of ether oxygens (including phenoxy) is 1. The smallest absolute Gasteiger partial charge is 0.274 e. The number of rotatable bonds is 2. The maximum atomic E-state index is 14.5. The van der Waals surface area contributed by atoms with Crippen molar-refractivity contribution in [1.29, 1.82) is 0 Å². The quantitative estimate of drug-likeness (QED) is 0.692. The van der Waals surface area contributed by atoms with Crippen molar-refractivity contribution in [3.8, 4) is 11.3 Å². The van der Waals surface area contributed by atoms with Gasteiger partial charge in [-0.25, -0.2) is 18.4 Å². The van der Waals surface area contributed by atoms with Gasteiger partial charge in [0.15, 0.2) is 0 Å². The number of halogens is 2. The van der Waals surface area contributed by atoms with Gasteiger partial charge in [-0.15, -0.1) is 0 Å². The predicted molar refractivity (Wildman–Crippen MR) is 97.8 cm³/mol. The number of fused-ring (bicyclic) bond motifs is 1. The van der Waals surface area contributed by atoms with E-state index in [1.807, 2.05) is 11.8 Å². The highest BCUT2D eigenvalue weighted by atomic mass is 19.1. The maximum absolute atomic E-state index is 14.5. The van der Waals surface area contributed by atoms with Crippen LogP contribution in [0.25, 0.3) is 22.0 Å². The summed E-state index contributed by atoms with van der Waals surface area (Å²) in [5.41, 5.74) is 0.0881. The molecule has 3 aromatic rings. The minimum atomic E-state index is -0.739. The summed E-state index contributed by atoms with van der Waals surface area (Å²) in [7, 11) is 1.55. The van der Waals surface area contributed by atoms with Crippen molar-refractivity contribution in [2.24, 2.45) is 7.05 Å². The molecule has 0 amide bonds. The summed E-state index contributed by atoms with van der Waals surface area (Å²) in [6.45, 7) is 3.71. The fraction of sp³-hybridized carbons (Fsp3) is 0.316. The normalized spacial score (nSPS) is 17.5. The molecule has 0 spiro atoms. The Morgan fingerprint density at radius 1 is 1.22 bits per heavy atom. The van der Waals surface area contributed by atoms with Crippen LogP contribution in [-0.4, -0.2) is 40.6 Å². The SMILES string of the molecule is CC1CN(c2cc3c(=O)n(C)ncc3c(-c3ccc(F)cc3F)n2)CCO1. The molecule has 1 aliphatic heterocycles. The fourth-order valence-corrected chi connectivity index (χ4v) is 3.30. The van der Waals surface area contributed by atoms with Crippen molar-refractivity contribution in [2.75, 3.05) is 24.6 Å². The molecule has 1 aliphatic rings. The van der Waals surface area contributed by atoms with Crippen LogP contribution in [0.15, 0.2) is 35.3 Å². The molecule has 3 heterocycles. The molecule has 0 radical (unpaired) electrons. The first-order valence-corrected chi connectivity index (χ1v) is 8.63. The highest BCUT2D eigenvalue weighted by Gasteiger charge is 2.22. The van der Waals surface area contributed by atoms with Gasteiger partial charge in [-0.2, -0.15) is 5.10 Å². The van der Waals surface area contributed by atoms with E-state index >= 15 is 0 Å². The lowest BCUT2D eigenvalue weighted by molar-refractivity contribution is 0.0529.